The summed E-state index contributed by atoms with van der Waals surface area (Å²) in [7, 11) is 0. The monoisotopic (exact) mass is 1580 g/mol. The molecule has 0 unspecified atom stereocenters. The molecule has 0 spiro atoms. The predicted octanol–water partition coefficient (Wildman–Crippen LogP) is 24.9. The fraction of sp³-hybridized carbons (Fsp3) is 0. The summed E-state index contributed by atoms with van der Waals surface area (Å²) in [5.74, 6) is 55.0. The highest BCUT2D eigenvalue weighted by Crippen LogP contribution is 2.53. The van der Waals surface area contributed by atoms with Crippen LogP contribution in [0.4, 0.5) is 0 Å². The van der Waals surface area contributed by atoms with Gasteiger partial charge in [0, 0.05) is 134 Å². The first-order valence-electron chi connectivity index (χ1n) is 41.0. The first-order chi connectivity index (χ1) is 61.7. The van der Waals surface area contributed by atoms with Crippen molar-refractivity contribution in [2.24, 2.45) is 0 Å². The molecule has 0 heterocycles. The molecule has 3 heteroatoms. The van der Waals surface area contributed by atoms with E-state index in [2.05, 4.69) is 119 Å². The smallest absolute Gasteiger partial charge is 0.195 e. The van der Waals surface area contributed by atoms with Crippen molar-refractivity contribution in [3.8, 4) is 106 Å². The molecule has 2 aliphatic carbocycles. The van der Waals surface area contributed by atoms with Crippen molar-refractivity contribution in [1.29, 1.82) is 0 Å². The number of benzene rings is 16. The predicted molar refractivity (Wildman–Crippen MR) is 508 cm³/mol. The SMILES string of the molecule is O=C1C(c2ccc(C#Cc3ccccc3)cc2)=C(c2ccc(Oc3ccc(C4=C(c5ccc(C#Cc6ccccc6)cc5)C(=O)C(c5ccc(C#Cc6ccccc6)cc5)=C4c4cc(C#Cc5ccccc5)cc(C#Cc5ccccc5)c4)cc3)cc2)C(c2cc(C#Cc3ccccc3)cc(C#Cc3ccccc3)c2)=C1c1ccc(C#Cc2ccccc2)cc1. The standard InChI is InChI=1S/C122H70O3/c123-121-117(105-65-57-95(58-66-105)45-41-87-25-9-1-10-26-87)113(115(119(121)107-69-61-97(62-70-107)47-43-89-29-13-3-14-30-89)109-83-99(53-49-91-33-17-5-18-34-91)81-100(84-109)54-50-92-35-19-6-20-36-92)103-73-77-111(78-74-103)125-112-79-75-104(76-80-112)114-116(110-85-101(55-51-93-37-21-7-22-38-93)82-102(86-110)56-52-94-39-23-8-24-40-94)120(108-71-63-98(64-72-108)48-44-90-31-15-4-16-32-90)122(124)118(114)106-67-59-96(60-68-106)46-42-88-27-11-2-12-28-88/h1-40,57-86H. The number of allylic oxidation sites excluding steroid dienone is 8. The minimum atomic E-state index is -0.166. The molecule has 0 amide bonds. The number of Topliss-reactive ketones (excluding diaryl/α,β-unsaturated/α-hetero) is 2. The van der Waals surface area contributed by atoms with Crippen molar-refractivity contribution in [3.05, 3.63) is 558 Å². The van der Waals surface area contributed by atoms with Gasteiger partial charge < -0.3 is 4.74 Å². The molecule has 2 aliphatic rings. The summed E-state index contributed by atoms with van der Waals surface area (Å²) in [6.07, 6.45) is 0. The molecule has 576 valence electrons. The molecule has 0 fully saturated rings. The van der Waals surface area contributed by atoms with Gasteiger partial charge in [-0.25, -0.2) is 0 Å². The van der Waals surface area contributed by atoms with Gasteiger partial charge in [0.25, 0.3) is 0 Å². The Morgan fingerprint density at radius 2 is 0.272 bits per heavy atom. The van der Waals surface area contributed by atoms with E-state index in [-0.39, 0.29) is 11.6 Å². The molecular formula is C122H70O3. The minimum Gasteiger partial charge on any atom is -0.457 e. The fourth-order valence-corrected chi connectivity index (χ4v) is 15.0. The van der Waals surface area contributed by atoms with E-state index in [9.17, 15) is 0 Å². The van der Waals surface area contributed by atoms with Crippen LogP contribution in [0.25, 0.3) is 44.6 Å². The zero-order valence-electron chi connectivity index (χ0n) is 67.6. The molecule has 0 saturated carbocycles. The molecule has 0 bridgehead atoms. The highest BCUT2D eigenvalue weighted by molar-refractivity contribution is 6.60. The van der Waals surface area contributed by atoms with E-state index in [1.165, 1.54) is 0 Å². The van der Waals surface area contributed by atoms with Gasteiger partial charge >= 0.3 is 0 Å². The molecule has 0 aromatic heterocycles. The maximum absolute atomic E-state index is 16.4. The molecule has 0 radical (unpaired) electrons. The highest BCUT2D eigenvalue weighted by Gasteiger charge is 2.38. The van der Waals surface area contributed by atoms with Crippen LogP contribution in [0.3, 0.4) is 0 Å². The van der Waals surface area contributed by atoms with Crippen LogP contribution in [0.5, 0.6) is 11.5 Å². The Bertz CT molecular complexity index is 6910. The lowest BCUT2D eigenvalue weighted by Crippen LogP contribution is -2.02. The number of carbonyl (C=O) groups is 2. The van der Waals surface area contributed by atoms with Gasteiger partial charge in [-0.3, -0.25) is 9.59 Å². The third-order valence-corrected chi connectivity index (χ3v) is 21.1. The summed E-state index contributed by atoms with van der Waals surface area (Å²) >= 11 is 0. The Labute approximate surface area is 729 Å². The van der Waals surface area contributed by atoms with Crippen molar-refractivity contribution in [3.63, 3.8) is 0 Å². The topological polar surface area (TPSA) is 43.4 Å². The molecule has 16 aromatic carbocycles. The number of hydrogen-bond acceptors (Lipinski definition) is 3. The number of ether oxygens (including phenoxy) is 1. The van der Waals surface area contributed by atoms with Crippen molar-refractivity contribution in [1.82, 2.24) is 0 Å². The van der Waals surface area contributed by atoms with Crippen molar-refractivity contribution in [2.45, 2.75) is 0 Å². The minimum absolute atomic E-state index is 0.166. The molecule has 18 rings (SSSR count). The van der Waals surface area contributed by atoms with Crippen LogP contribution in [-0.2, 0) is 9.59 Å². The second-order valence-electron chi connectivity index (χ2n) is 29.6. The molecular weight excluding hydrogens is 1510 g/mol. The van der Waals surface area contributed by atoms with E-state index in [0.717, 1.165) is 89.0 Å². The number of hydrogen-bond donors (Lipinski definition) is 0. The van der Waals surface area contributed by atoms with Gasteiger partial charge in [-0.05, 0) is 251 Å². The zero-order valence-corrected chi connectivity index (χ0v) is 67.6. The van der Waals surface area contributed by atoms with Crippen LogP contribution in [0.15, 0.2) is 425 Å². The van der Waals surface area contributed by atoms with E-state index in [1.807, 2.05) is 400 Å². The Kier molecular flexibility index (Phi) is 23.4. The van der Waals surface area contributed by atoms with Crippen LogP contribution in [0.2, 0.25) is 0 Å². The Hall–Kier alpha value is -17.9. The summed E-state index contributed by atoms with van der Waals surface area (Å²) in [5.41, 5.74) is 23.7. The number of carbonyl (C=O) groups excluding carboxylic acids is 2. The van der Waals surface area contributed by atoms with Gasteiger partial charge in [-0.15, -0.1) is 0 Å². The first-order valence-corrected chi connectivity index (χ1v) is 41.0. The first kappa shape index (κ1) is 78.3. The molecule has 0 atom stereocenters. The fourth-order valence-electron chi connectivity index (χ4n) is 15.0. The van der Waals surface area contributed by atoms with Crippen LogP contribution in [-0.4, -0.2) is 11.6 Å². The second kappa shape index (κ2) is 37.4. The zero-order chi connectivity index (χ0) is 84.3. The molecule has 0 N–H and O–H groups in total. The molecule has 16 aromatic rings. The molecule has 0 saturated heterocycles. The van der Waals surface area contributed by atoms with E-state index in [4.69, 9.17) is 4.74 Å². The van der Waals surface area contributed by atoms with Crippen LogP contribution < -0.4 is 4.74 Å². The summed E-state index contributed by atoms with van der Waals surface area (Å²) < 4.78 is 6.96. The van der Waals surface area contributed by atoms with Crippen molar-refractivity contribution in [2.75, 3.05) is 0 Å². The largest absolute Gasteiger partial charge is 0.457 e. The van der Waals surface area contributed by atoms with Crippen LogP contribution in [0, 0.1) is 94.7 Å². The van der Waals surface area contributed by atoms with E-state index in [1.54, 1.807) is 0 Å². The van der Waals surface area contributed by atoms with Gasteiger partial charge in [0.05, 0.1) is 0 Å². The van der Waals surface area contributed by atoms with Gasteiger partial charge in [0.1, 0.15) is 11.5 Å². The van der Waals surface area contributed by atoms with Gasteiger partial charge in [-0.1, -0.05) is 313 Å². The van der Waals surface area contributed by atoms with Crippen molar-refractivity contribution >= 4 is 56.2 Å². The van der Waals surface area contributed by atoms with E-state index >= 15 is 9.59 Å². The Morgan fingerprint density at radius 3 is 0.456 bits per heavy atom. The number of ketones is 2. The Balaban J connectivity index is 0.778. The lowest BCUT2D eigenvalue weighted by atomic mass is 9.87. The van der Waals surface area contributed by atoms with Crippen LogP contribution >= 0.6 is 0 Å². The number of rotatable bonds is 10. The third-order valence-electron chi connectivity index (χ3n) is 21.1. The third kappa shape index (κ3) is 19.0. The normalized spacial score (nSPS) is 11.7. The summed E-state index contributed by atoms with van der Waals surface area (Å²) in [4.78, 5) is 32.9. The average Bonchev–Trinajstić information content (AvgIpc) is 1.58. The second-order valence-corrected chi connectivity index (χ2v) is 29.6. The lowest BCUT2D eigenvalue weighted by Gasteiger charge is -2.16. The molecule has 125 heavy (non-hydrogen) atoms. The summed E-state index contributed by atoms with van der Waals surface area (Å²) in [5, 5.41) is 0. The van der Waals surface area contributed by atoms with Gasteiger partial charge in [0.2, 0.25) is 0 Å². The van der Waals surface area contributed by atoms with Gasteiger partial charge in [0.15, 0.2) is 11.6 Å². The molecule has 0 aliphatic heterocycles. The maximum atomic E-state index is 16.4. The van der Waals surface area contributed by atoms with Crippen LogP contribution in [0.1, 0.15) is 134 Å². The maximum Gasteiger partial charge on any atom is 0.195 e. The van der Waals surface area contributed by atoms with Crippen molar-refractivity contribution < 1.29 is 14.3 Å². The quantitative estimate of drug-likeness (QED) is 0.128. The average molecular weight is 1580 g/mol. The molecule has 3 nitrogen and oxygen atoms in total. The van der Waals surface area contributed by atoms with E-state index < -0.39 is 0 Å². The highest BCUT2D eigenvalue weighted by atomic mass is 16.5. The lowest BCUT2D eigenvalue weighted by molar-refractivity contribution is -0.109. The van der Waals surface area contributed by atoms with E-state index in [0.29, 0.717) is 101 Å². The van der Waals surface area contributed by atoms with Gasteiger partial charge in [-0.2, -0.15) is 0 Å². The summed E-state index contributed by atoms with van der Waals surface area (Å²) in [6, 6.07) is 139. The summed E-state index contributed by atoms with van der Waals surface area (Å²) in [6.45, 7) is 0. The Morgan fingerprint density at radius 1 is 0.128 bits per heavy atom.